The van der Waals surface area contributed by atoms with Gasteiger partial charge in [0.15, 0.2) is 0 Å². The molecule has 5 nitrogen and oxygen atoms in total. The van der Waals surface area contributed by atoms with Crippen LogP contribution in [0.4, 0.5) is 0 Å². The summed E-state index contributed by atoms with van der Waals surface area (Å²) in [5, 5.41) is 0. The topological polar surface area (TPSA) is 49.9 Å². The van der Waals surface area contributed by atoms with Gasteiger partial charge in [-0.1, -0.05) is 6.92 Å². The van der Waals surface area contributed by atoms with Crippen molar-refractivity contribution in [1.82, 2.24) is 9.80 Å². The van der Waals surface area contributed by atoms with E-state index >= 15 is 0 Å². The standard InChI is InChI=1S/C11H19ClN2O3/c1-2-4-13-5-6-14(11(16)10(13)15)7-9-17-8-3-12/h2-9H2,1H3. The highest BCUT2D eigenvalue weighted by Crippen LogP contribution is 2.05. The van der Waals surface area contributed by atoms with E-state index in [1.165, 1.54) is 0 Å². The Morgan fingerprint density at radius 2 is 1.71 bits per heavy atom. The van der Waals surface area contributed by atoms with Gasteiger partial charge in [-0.15, -0.1) is 11.6 Å². The Labute approximate surface area is 107 Å². The summed E-state index contributed by atoms with van der Waals surface area (Å²) in [6.07, 6.45) is 0.873. The third kappa shape index (κ3) is 4.16. The summed E-state index contributed by atoms with van der Waals surface area (Å²) < 4.78 is 5.19. The lowest BCUT2D eigenvalue weighted by Gasteiger charge is -2.33. The molecule has 1 heterocycles. The number of amides is 2. The predicted octanol–water partition coefficient (Wildman–Crippen LogP) is 0.323. The van der Waals surface area contributed by atoms with Crippen LogP contribution in [0, 0.1) is 0 Å². The van der Waals surface area contributed by atoms with Crippen molar-refractivity contribution in [2.45, 2.75) is 13.3 Å². The van der Waals surface area contributed by atoms with E-state index in [-0.39, 0.29) is 0 Å². The molecule has 1 aliphatic heterocycles. The average molecular weight is 263 g/mol. The zero-order valence-corrected chi connectivity index (χ0v) is 10.9. The van der Waals surface area contributed by atoms with Gasteiger partial charge in [0.25, 0.3) is 0 Å². The highest BCUT2D eigenvalue weighted by Gasteiger charge is 2.31. The molecule has 1 fully saturated rings. The summed E-state index contributed by atoms with van der Waals surface area (Å²) in [6, 6.07) is 0. The third-order valence-corrected chi connectivity index (χ3v) is 2.77. The fraction of sp³-hybridized carbons (Fsp3) is 0.818. The highest BCUT2D eigenvalue weighted by molar-refractivity contribution is 6.35. The van der Waals surface area contributed by atoms with E-state index in [1.807, 2.05) is 6.92 Å². The van der Waals surface area contributed by atoms with Gasteiger partial charge in [0.2, 0.25) is 0 Å². The van der Waals surface area contributed by atoms with Crippen LogP contribution in [0.1, 0.15) is 13.3 Å². The molecule has 0 radical (unpaired) electrons. The molecular formula is C11H19ClN2O3. The summed E-state index contributed by atoms with van der Waals surface area (Å²) >= 11 is 5.46. The van der Waals surface area contributed by atoms with Crippen LogP contribution in [-0.4, -0.2) is 66.9 Å². The van der Waals surface area contributed by atoms with Gasteiger partial charge in [-0.3, -0.25) is 9.59 Å². The molecule has 0 atom stereocenters. The van der Waals surface area contributed by atoms with Crippen molar-refractivity contribution < 1.29 is 14.3 Å². The van der Waals surface area contributed by atoms with E-state index in [4.69, 9.17) is 16.3 Å². The largest absolute Gasteiger partial charge is 0.378 e. The maximum absolute atomic E-state index is 11.7. The zero-order chi connectivity index (χ0) is 12.7. The van der Waals surface area contributed by atoms with Crippen LogP contribution in [0.2, 0.25) is 0 Å². The van der Waals surface area contributed by atoms with Crippen molar-refractivity contribution in [2.24, 2.45) is 0 Å². The number of ether oxygens (including phenoxy) is 1. The molecule has 1 rings (SSSR count). The van der Waals surface area contributed by atoms with E-state index in [1.54, 1.807) is 9.80 Å². The lowest BCUT2D eigenvalue weighted by Crippen LogP contribution is -2.55. The number of piperazine rings is 1. The van der Waals surface area contributed by atoms with E-state index in [0.717, 1.165) is 6.42 Å². The Hall–Kier alpha value is -0.810. The van der Waals surface area contributed by atoms with Gasteiger partial charge in [0.1, 0.15) is 0 Å². The minimum atomic E-state index is -0.417. The molecule has 0 aliphatic carbocycles. The second kappa shape index (κ2) is 7.50. The number of carbonyl (C=O) groups excluding carboxylic acids is 2. The van der Waals surface area contributed by atoms with Gasteiger partial charge < -0.3 is 14.5 Å². The predicted molar refractivity (Wildman–Crippen MR) is 65.0 cm³/mol. The number of alkyl halides is 1. The van der Waals surface area contributed by atoms with Gasteiger partial charge in [-0.2, -0.15) is 0 Å². The van der Waals surface area contributed by atoms with E-state index in [0.29, 0.717) is 45.3 Å². The molecule has 6 heteroatoms. The Balaban J connectivity index is 2.35. The van der Waals surface area contributed by atoms with Gasteiger partial charge in [0, 0.05) is 32.1 Å². The molecule has 1 saturated heterocycles. The van der Waals surface area contributed by atoms with Crippen molar-refractivity contribution in [3.05, 3.63) is 0 Å². The van der Waals surface area contributed by atoms with Crippen LogP contribution >= 0.6 is 11.6 Å². The van der Waals surface area contributed by atoms with Crippen molar-refractivity contribution in [3.8, 4) is 0 Å². The minimum absolute atomic E-state index is 0.393. The molecule has 17 heavy (non-hydrogen) atoms. The van der Waals surface area contributed by atoms with Crippen LogP contribution in [0.5, 0.6) is 0 Å². The monoisotopic (exact) mass is 262 g/mol. The zero-order valence-electron chi connectivity index (χ0n) is 10.2. The summed E-state index contributed by atoms with van der Waals surface area (Å²) in [6.45, 7) is 5.22. The maximum atomic E-state index is 11.7. The molecule has 1 aliphatic rings. The third-order valence-electron chi connectivity index (χ3n) is 2.62. The van der Waals surface area contributed by atoms with E-state index in [2.05, 4.69) is 0 Å². The molecule has 0 unspecified atom stereocenters. The minimum Gasteiger partial charge on any atom is -0.378 e. The number of nitrogens with zero attached hydrogens (tertiary/aromatic N) is 2. The van der Waals surface area contributed by atoms with Gasteiger partial charge in [0.05, 0.1) is 13.2 Å². The molecular weight excluding hydrogens is 244 g/mol. The highest BCUT2D eigenvalue weighted by atomic mass is 35.5. The first-order valence-electron chi connectivity index (χ1n) is 5.92. The summed E-state index contributed by atoms with van der Waals surface area (Å²) in [5.41, 5.74) is 0. The summed E-state index contributed by atoms with van der Waals surface area (Å²) in [4.78, 5) is 26.6. The van der Waals surface area contributed by atoms with Crippen LogP contribution in [-0.2, 0) is 14.3 Å². The number of halogens is 1. The summed E-state index contributed by atoms with van der Waals surface area (Å²) in [7, 11) is 0. The molecule has 0 saturated carbocycles. The lowest BCUT2D eigenvalue weighted by atomic mass is 10.2. The van der Waals surface area contributed by atoms with Crippen LogP contribution in [0.3, 0.4) is 0 Å². The normalized spacial score (nSPS) is 16.8. The van der Waals surface area contributed by atoms with Crippen LogP contribution in [0.15, 0.2) is 0 Å². The molecule has 0 N–H and O–H groups in total. The number of carbonyl (C=O) groups is 2. The molecule has 2 amide bonds. The quantitative estimate of drug-likeness (QED) is 0.377. The molecule has 0 bridgehead atoms. The van der Waals surface area contributed by atoms with Crippen molar-refractivity contribution >= 4 is 23.4 Å². The van der Waals surface area contributed by atoms with Gasteiger partial charge in [-0.05, 0) is 6.42 Å². The molecule has 0 spiro atoms. The molecule has 98 valence electrons. The lowest BCUT2D eigenvalue weighted by molar-refractivity contribution is -0.156. The second-order valence-electron chi connectivity index (χ2n) is 3.89. The SMILES string of the molecule is CCCN1CCN(CCOCCCl)C(=O)C1=O. The summed E-state index contributed by atoms with van der Waals surface area (Å²) in [5.74, 6) is -0.369. The number of hydrogen-bond donors (Lipinski definition) is 0. The Bertz CT molecular complexity index is 271. The Kier molecular flexibility index (Phi) is 6.29. The van der Waals surface area contributed by atoms with E-state index in [9.17, 15) is 9.59 Å². The van der Waals surface area contributed by atoms with Crippen LogP contribution < -0.4 is 0 Å². The maximum Gasteiger partial charge on any atom is 0.312 e. The van der Waals surface area contributed by atoms with Crippen LogP contribution in [0.25, 0.3) is 0 Å². The fourth-order valence-electron chi connectivity index (χ4n) is 1.74. The van der Waals surface area contributed by atoms with Crippen molar-refractivity contribution in [1.29, 1.82) is 0 Å². The fourth-order valence-corrected chi connectivity index (χ4v) is 1.85. The average Bonchev–Trinajstić information content (AvgIpc) is 2.33. The van der Waals surface area contributed by atoms with Gasteiger partial charge >= 0.3 is 11.8 Å². The van der Waals surface area contributed by atoms with E-state index < -0.39 is 11.8 Å². The van der Waals surface area contributed by atoms with Gasteiger partial charge in [-0.25, -0.2) is 0 Å². The smallest absolute Gasteiger partial charge is 0.312 e. The first-order valence-corrected chi connectivity index (χ1v) is 6.46. The molecule has 0 aromatic carbocycles. The first kappa shape index (κ1) is 14.3. The van der Waals surface area contributed by atoms with Crippen molar-refractivity contribution in [2.75, 3.05) is 45.3 Å². The molecule has 0 aromatic heterocycles. The Morgan fingerprint density at radius 1 is 1.12 bits per heavy atom. The molecule has 0 aromatic rings. The first-order chi connectivity index (χ1) is 8.20. The number of hydrogen-bond acceptors (Lipinski definition) is 3. The Morgan fingerprint density at radius 3 is 2.24 bits per heavy atom. The number of rotatable bonds is 7. The second-order valence-corrected chi connectivity index (χ2v) is 4.26. The van der Waals surface area contributed by atoms with Crippen molar-refractivity contribution in [3.63, 3.8) is 0 Å².